The Hall–Kier alpha value is -1.36. The molecule has 0 bridgehead atoms. The van der Waals surface area contributed by atoms with Crippen LogP contribution in [-0.4, -0.2) is 28.5 Å². The number of aromatic nitrogens is 2. The van der Waals surface area contributed by atoms with Gasteiger partial charge < -0.3 is 16.0 Å². The molecule has 1 fully saturated rings. The van der Waals surface area contributed by atoms with Crippen LogP contribution >= 0.6 is 0 Å². The predicted octanol–water partition coefficient (Wildman–Crippen LogP) is 0.196. The van der Waals surface area contributed by atoms with E-state index in [4.69, 9.17) is 5.73 Å². The number of hydrogen-bond acceptors (Lipinski definition) is 3. The van der Waals surface area contributed by atoms with Crippen LogP contribution in [0.5, 0.6) is 0 Å². The van der Waals surface area contributed by atoms with Gasteiger partial charge in [-0.15, -0.1) is 0 Å². The van der Waals surface area contributed by atoms with Crippen molar-refractivity contribution in [3.8, 4) is 0 Å². The Bertz CT molecular complexity index is 336. The van der Waals surface area contributed by atoms with Gasteiger partial charge in [0.15, 0.2) is 0 Å². The number of aromatic amines is 1. The molecule has 1 saturated carbocycles. The summed E-state index contributed by atoms with van der Waals surface area (Å²) >= 11 is 0. The molecule has 1 aliphatic carbocycles. The summed E-state index contributed by atoms with van der Waals surface area (Å²) in [5.41, 5.74) is 6.91. The highest BCUT2D eigenvalue weighted by Gasteiger charge is 2.29. The Kier molecular flexibility index (Phi) is 3.56. The molecule has 2 rings (SSSR count). The molecule has 5 nitrogen and oxygen atoms in total. The summed E-state index contributed by atoms with van der Waals surface area (Å²) in [6.45, 7) is 0.643. The number of amides is 1. The zero-order chi connectivity index (χ0) is 11.4. The van der Waals surface area contributed by atoms with Crippen LogP contribution in [0.15, 0.2) is 12.5 Å². The minimum absolute atomic E-state index is 0.0155. The van der Waals surface area contributed by atoms with E-state index in [1.54, 1.807) is 12.5 Å². The molecule has 0 saturated heterocycles. The van der Waals surface area contributed by atoms with Crippen LogP contribution in [-0.2, 0) is 11.2 Å². The van der Waals surface area contributed by atoms with Crippen molar-refractivity contribution in [2.45, 2.75) is 31.7 Å². The van der Waals surface area contributed by atoms with E-state index in [0.29, 0.717) is 6.54 Å². The van der Waals surface area contributed by atoms with Crippen molar-refractivity contribution in [2.75, 3.05) is 6.54 Å². The monoisotopic (exact) mass is 222 g/mol. The smallest absolute Gasteiger partial charge is 0.224 e. The third kappa shape index (κ3) is 2.61. The summed E-state index contributed by atoms with van der Waals surface area (Å²) in [5, 5.41) is 2.93. The topological polar surface area (TPSA) is 83.8 Å². The van der Waals surface area contributed by atoms with Crippen molar-refractivity contribution in [3.63, 3.8) is 0 Å². The normalized spacial score (nSPS) is 24.6. The fraction of sp³-hybridized carbons (Fsp3) is 0.636. The van der Waals surface area contributed by atoms with Gasteiger partial charge in [0, 0.05) is 30.9 Å². The minimum Gasteiger partial charge on any atom is -0.355 e. The van der Waals surface area contributed by atoms with E-state index in [1.165, 1.54) is 0 Å². The first-order valence-corrected chi connectivity index (χ1v) is 5.78. The molecule has 2 unspecified atom stereocenters. The zero-order valence-electron chi connectivity index (χ0n) is 9.28. The molecule has 1 aliphatic rings. The Balaban J connectivity index is 1.71. The van der Waals surface area contributed by atoms with E-state index in [1.807, 2.05) is 0 Å². The number of carbonyl (C=O) groups excluding carboxylic acids is 1. The van der Waals surface area contributed by atoms with Gasteiger partial charge in [0.05, 0.1) is 12.2 Å². The largest absolute Gasteiger partial charge is 0.355 e. The number of rotatable bonds is 4. The molecule has 88 valence electrons. The maximum Gasteiger partial charge on any atom is 0.224 e. The van der Waals surface area contributed by atoms with Crippen molar-refractivity contribution in [1.82, 2.24) is 15.3 Å². The standard InChI is InChI=1S/C11H18N4O/c12-10-3-1-2-9(10)11(16)14-5-4-8-6-13-7-15-8/h6-7,9-10H,1-5,12H2,(H,13,15)(H,14,16). The summed E-state index contributed by atoms with van der Waals surface area (Å²) in [5.74, 6) is 0.117. The highest BCUT2D eigenvalue weighted by atomic mass is 16.1. The third-order valence-corrected chi connectivity index (χ3v) is 3.15. The second kappa shape index (κ2) is 5.12. The maximum absolute atomic E-state index is 11.8. The van der Waals surface area contributed by atoms with Gasteiger partial charge in [-0.1, -0.05) is 6.42 Å². The van der Waals surface area contributed by atoms with E-state index < -0.39 is 0 Å². The molecule has 2 atom stereocenters. The van der Waals surface area contributed by atoms with Gasteiger partial charge in [0.2, 0.25) is 5.91 Å². The molecule has 0 aromatic carbocycles. The van der Waals surface area contributed by atoms with Gasteiger partial charge in [0.25, 0.3) is 0 Å². The fourth-order valence-electron chi connectivity index (χ4n) is 2.19. The van der Waals surface area contributed by atoms with Crippen LogP contribution < -0.4 is 11.1 Å². The average Bonchev–Trinajstić information content (AvgIpc) is 2.88. The van der Waals surface area contributed by atoms with Crippen LogP contribution in [0.3, 0.4) is 0 Å². The fourth-order valence-corrected chi connectivity index (χ4v) is 2.19. The van der Waals surface area contributed by atoms with Crippen LogP contribution in [0.1, 0.15) is 25.0 Å². The Morgan fingerprint density at radius 1 is 1.62 bits per heavy atom. The lowest BCUT2D eigenvalue weighted by atomic mass is 10.0. The molecule has 5 heteroatoms. The maximum atomic E-state index is 11.8. The van der Waals surface area contributed by atoms with E-state index in [2.05, 4.69) is 15.3 Å². The lowest BCUT2D eigenvalue weighted by molar-refractivity contribution is -0.125. The van der Waals surface area contributed by atoms with Crippen molar-refractivity contribution < 1.29 is 4.79 Å². The number of carbonyl (C=O) groups is 1. The number of nitrogens with two attached hydrogens (primary N) is 1. The molecule has 1 aromatic heterocycles. The molecule has 1 amide bonds. The SMILES string of the molecule is NC1CCCC1C(=O)NCCc1cnc[nH]1. The van der Waals surface area contributed by atoms with Crippen molar-refractivity contribution >= 4 is 5.91 Å². The zero-order valence-corrected chi connectivity index (χ0v) is 9.28. The molecular formula is C11H18N4O. The number of nitrogens with one attached hydrogen (secondary N) is 2. The summed E-state index contributed by atoms with van der Waals surface area (Å²) in [4.78, 5) is 18.7. The first-order chi connectivity index (χ1) is 7.77. The predicted molar refractivity (Wildman–Crippen MR) is 60.6 cm³/mol. The van der Waals surface area contributed by atoms with E-state index in [-0.39, 0.29) is 17.9 Å². The third-order valence-electron chi connectivity index (χ3n) is 3.15. The van der Waals surface area contributed by atoms with E-state index in [0.717, 1.165) is 31.4 Å². The van der Waals surface area contributed by atoms with Gasteiger partial charge in [-0.05, 0) is 12.8 Å². The molecule has 16 heavy (non-hydrogen) atoms. The van der Waals surface area contributed by atoms with Gasteiger partial charge in [-0.2, -0.15) is 0 Å². The number of hydrogen-bond donors (Lipinski definition) is 3. The Labute approximate surface area is 94.8 Å². The molecular weight excluding hydrogens is 204 g/mol. The molecule has 0 radical (unpaired) electrons. The van der Waals surface area contributed by atoms with Gasteiger partial charge >= 0.3 is 0 Å². The summed E-state index contributed by atoms with van der Waals surface area (Å²) in [6.07, 6.45) is 7.17. The van der Waals surface area contributed by atoms with E-state index >= 15 is 0 Å². The second-order valence-corrected chi connectivity index (χ2v) is 4.32. The molecule has 1 aromatic rings. The highest BCUT2D eigenvalue weighted by Crippen LogP contribution is 2.23. The van der Waals surface area contributed by atoms with E-state index in [9.17, 15) is 4.79 Å². The minimum atomic E-state index is 0.0155. The molecule has 0 spiro atoms. The summed E-state index contributed by atoms with van der Waals surface area (Å²) < 4.78 is 0. The lowest BCUT2D eigenvalue weighted by Crippen LogP contribution is -2.39. The number of H-pyrrole nitrogens is 1. The summed E-state index contributed by atoms with van der Waals surface area (Å²) in [6, 6.07) is 0.0483. The lowest BCUT2D eigenvalue weighted by Gasteiger charge is -2.14. The molecule has 4 N–H and O–H groups in total. The van der Waals surface area contributed by atoms with Gasteiger partial charge in [0.1, 0.15) is 0 Å². The molecule has 1 heterocycles. The van der Waals surface area contributed by atoms with Crippen molar-refractivity contribution in [2.24, 2.45) is 11.7 Å². The summed E-state index contributed by atoms with van der Waals surface area (Å²) in [7, 11) is 0. The number of nitrogens with zero attached hydrogens (tertiary/aromatic N) is 1. The van der Waals surface area contributed by atoms with Crippen LogP contribution in [0.2, 0.25) is 0 Å². The van der Waals surface area contributed by atoms with Gasteiger partial charge in [-0.3, -0.25) is 4.79 Å². The first kappa shape index (κ1) is 11.1. The van der Waals surface area contributed by atoms with Gasteiger partial charge in [-0.25, -0.2) is 4.98 Å². The Morgan fingerprint density at radius 3 is 3.12 bits per heavy atom. The quantitative estimate of drug-likeness (QED) is 0.680. The number of imidazole rings is 1. The van der Waals surface area contributed by atoms with Crippen LogP contribution in [0.25, 0.3) is 0 Å². The Morgan fingerprint density at radius 2 is 2.50 bits per heavy atom. The van der Waals surface area contributed by atoms with Crippen molar-refractivity contribution in [3.05, 3.63) is 18.2 Å². The molecule has 0 aliphatic heterocycles. The van der Waals surface area contributed by atoms with Crippen LogP contribution in [0, 0.1) is 5.92 Å². The second-order valence-electron chi connectivity index (χ2n) is 4.32. The van der Waals surface area contributed by atoms with Crippen LogP contribution in [0.4, 0.5) is 0 Å². The highest BCUT2D eigenvalue weighted by molar-refractivity contribution is 5.79. The average molecular weight is 222 g/mol. The first-order valence-electron chi connectivity index (χ1n) is 5.78. The van der Waals surface area contributed by atoms with Crippen molar-refractivity contribution in [1.29, 1.82) is 0 Å².